The molecule has 0 amide bonds. The van der Waals surface area contributed by atoms with E-state index in [2.05, 4.69) is 20.8 Å². The molecule has 1 unspecified atom stereocenters. The first-order valence-electron chi connectivity index (χ1n) is 11.2. The minimum absolute atomic E-state index is 0.00309. The zero-order valence-corrected chi connectivity index (χ0v) is 19.5. The van der Waals surface area contributed by atoms with Crippen molar-refractivity contribution in [2.75, 3.05) is 20.0 Å². The molecule has 0 aliphatic heterocycles. The van der Waals surface area contributed by atoms with Crippen LogP contribution in [0.5, 0.6) is 0 Å². The highest BCUT2D eigenvalue weighted by molar-refractivity contribution is 5.77. The van der Waals surface area contributed by atoms with Gasteiger partial charge in [0.1, 0.15) is 13.2 Å². The van der Waals surface area contributed by atoms with Crippen LogP contribution in [0.15, 0.2) is 0 Å². The number of rotatable bonds is 12. The second-order valence-electron chi connectivity index (χ2n) is 9.26. The summed E-state index contributed by atoms with van der Waals surface area (Å²) in [6, 6.07) is 0. The van der Waals surface area contributed by atoms with E-state index in [1.54, 1.807) is 13.8 Å². The van der Waals surface area contributed by atoms with Gasteiger partial charge in [0.2, 0.25) is 0 Å². The lowest BCUT2D eigenvalue weighted by atomic mass is 9.75. The van der Waals surface area contributed by atoms with Gasteiger partial charge in [0.05, 0.1) is 24.4 Å². The molecule has 1 fully saturated rings. The molecule has 1 saturated carbocycles. The maximum atomic E-state index is 11.9. The van der Waals surface area contributed by atoms with Crippen molar-refractivity contribution in [3.05, 3.63) is 0 Å². The molecule has 1 rings (SSSR count). The Balaban J connectivity index is 2.17. The Morgan fingerprint density at radius 2 is 1.57 bits per heavy atom. The monoisotopic (exact) mass is 428 g/mol. The third kappa shape index (κ3) is 9.45. The Hall–Kier alpha value is -1.63. The van der Waals surface area contributed by atoms with Gasteiger partial charge in [-0.05, 0) is 50.9 Å². The van der Waals surface area contributed by atoms with Crippen LogP contribution in [0.3, 0.4) is 0 Å². The number of ether oxygens (including phenoxy) is 4. The lowest BCUT2D eigenvalue weighted by Gasteiger charge is -2.36. The highest BCUT2D eigenvalue weighted by Crippen LogP contribution is 2.35. The van der Waals surface area contributed by atoms with Gasteiger partial charge in [-0.15, -0.1) is 0 Å². The number of esters is 3. The third-order valence-electron chi connectivity index (χ3n) is 6.01. The summed E-state index contributed by atoms with van der Waals surface area (Å²) in [6.07, 6.45) is 3.94. The quantitative estimate of drug-likeness (QED) is 0.198. The van der Waals surface area contributed by atoms with E-state index in [0.29, 0.717) is 24.2 Å². The number of carbonyl (C=O) groups is 3. The maximum absolute atomic E-state index is 11.9. The van der Waals surface area contributed by atoms with Gasteiger partial charge in [0.15, 0.2) is 6.79 Å². The number of hydrogen-bond acceptors (Lipinski definition) is 7. The van der Waals surface area contributed by atoms with Crippen molar-refractivity contribution in [1.82, 2.24) is 0 Å². The highest BCUT2D eigenvalue weighted by Gasteiger charge is 2.31. The molecule has 7 heteroatoms. The molecular formula is C23H40O7. The van der Waals surface area contributed by atoms with Crippen LogP contribution in [0.25, 0.3) is 0 Å². The SMILES string of the molecule is CCC(C)(C)C(=O)OCCOC(=O)CCC(=O)OCOC1C[C@H](C)CC[C@@H]1C(C)C. The summed E-state index contributed by atoms with van der Waals surface area (Å²) in [5.41, 5.74) is -0.555. The highest BCUT2D eigenvalue weighted by atomic mass is 16.7. The Morgan fingerprint density at radius 1 is 0.967 bits per heavy atom. The second kappa shape index (κ2) is 12.9. The predicted octanol–water partition coefficient (Wildman–Crippen LogP) is 4.27. The topological polar surface area (TPSA) is 88.1 Å². The third-order valence-corrected chi connectivity index (χ3v) is 6.01. The molecule has 30 heavy (non-hydrogen) atoms. The van der Waals surface area contributed by atoms with Gasteiger partial charge in [-0.25, -0.2) is 0 Å². The molecule has 0 aromatic heterocycles. The molecule has 0 bridgehead atoms. The summed E-state index contributed by atoms with van der Waals surface area (Å²) in [6.45, 7) is 12.0. The summed E-state index contributed by atoms with van der Waals surface area (Å²) in [5.74, 6) is 0.277. The molecule has 7 nitrogen and oxygen atoms in total. The molecule has 0 aromatic rings. The minimum atomic E-state index is -0.555. The zero-order valence-electron chi connectivity index (χ0n) is 19.5. The van der Waals surface area contributed by atoms with Crippen LogP contribution >= 0.6 is 0 Å². The molecule has 0 N–H and O–H groups in total. The summed E-state index contributed by atoms with van der Waals surface area (Å²) in [4.78, 5) is 35.4. The van der Waals surface area contributed by atoms with Crippen LogP contribution in [-0.4, -0.2) is 44.0 Å². The van der Waals surface area contributed by atoms with Gasteiger partial charge in [-0.3, -0.25) is 14.4 Å². The molecule has 174 valence electrons. The van der Waals surface area contributed by atoms with Gasteiger partial charge in [-0.2, -0.15) is 0 Å². The fourth-order valence-electron chi connectivity index (χ4n) is 3.47. The van der Waals surface area contributed by atoms with Crippen LogP contribution < -0.4 is 0 Å². The molecule has 0 radical (unpaired) electrons. The van der Waals surface area contributed by atoms with E-state index in [9.17, 15) is 14.4 Å². The lowest BCUT2D eigenvalue weighted by Crippen LogP contribution is -2.35. The Kier molecular flexibility index (Phi) is 11.4. The minimum Gasteiger partial charge on any atom is -0.462 e. The van der Waals surface area contributed by atoms with Crippen molar-refractivity contribution >= 4 is 17.9 Å². The number of carbonyl (C=O) groups excluding carboxylic acids is 3. The summed E-state index contributed by atoms with van der Waals surface area (Å²) in [7, 11) is 0. The van der Waals surface area contributed by atoms with Crippen molar-refractivity contribution < 1.29 is 33.3 Å². The average Bonchev–Trinajstić information content (AvgIpc) is 2.69. The fraction of sp³-hybridized carbons (Fsp3) is 0.870. The van der Waals surface area contributed by atoms with E-state index in [-0.39, 0.29) is 44.9 Å². The van der Waals surface area contributed by atoms with E-state index < -0.39 is 17.4 Å². The van der Waals surface area contributed by atoms with E-state index in [1.807, 2.05) is 6.92 Å². The van der Waals surface area contributed by atoms with Crippen molar-refractivity contribution in [1.29, 1.82) is 0 Å². The molecule has 1 aliphatic rings. The molecule has 0 spiro atoms. The molecule has 3 atom stereocenters. The Labute approximate surface area is 181 Å². The normalized spacial score (nSPS) is 21.9. The van der Waals surface area contributed by atoms with E-state index in [1.165, 1.54) is 6.42 Å². The van der Waals surface area contributed by atoms with Crippen LogP contribution in [0.4, 0.5) is 0 Å². The lowest BCUT2D eigenvalue weighted by molar-refractivity contribution is -0.169. The standard InChI is InChI=1S/C23H40O7/c1-7-23(5,6)22(26)28-13-12-27-20(24)10-11-21(25)30-15-29-19-14-17(4)8-9-18(19)16(2)3/h16-19H,7-15H2,1-6H3/t17-,18-,19?/m1/s1. The van der Waals surface area contributed by atoms with Gasteiger partial charge in [-0.1, -0.05) is 34.1 Å². The molecule has 0 saturated heterocycles. The van der Waals surface area contributed by atoms with Crippen molar-refractivity contribution in [2.45, 2.75) is 86.2 Å². The van der Waals surface area contributed by atoms with Crippen LogP contribution in [-0.2, 0) is 33.3 Å². The van der Waals surface area contributed by atoms with Crippen LogP contribution in [0.1, 0.15) is 80.1 Å². The van der Waals surface area contributed by atoms with Gasteiger partial charge in [0, 0.05) is 0 Å². The molecular weight excluding hydrogens is 388 g/mol. The first-order chi connectivity index (χ1) is 14.1. The van der Waals surface area contributed by atoms with Crippen molar-refractivity contribution in [3.63, 3.8) is 0 Å². The predicted molar refractivity (Wildman–Crippen MR) is 112 cm³/mol. The summed E-state index contributed by atoms with van der Waals surface area (Å²) < 4.78 is 21.0. The van der Waals surface area contributed by atoms with Gasteiger partial charge in [0.25, 0.3) is 0 Å². The van der Waals surface area contributed by atoms with Gasteiger partial charge >= 0.3 is 17.9 Å². The molecule has 0 heterocycles. The van der Waals surface area contributed by atoms with Crippen LogP contribution in [0, 0.1) is 23.2 Å². The average molecular weight is 429 g/mol. The summed E-state index contributed by atoms with van der Waals surface area (Å²) >= 11 is 0. The number of hydrogen-bond donors (Lipinski definition) is 0. The van der Waals surface area contributed by atoms with Crippen LogP contribution in [0.2, 0.25) is 0 Å². The van der Waals surface area contributed by atoms with Crippen molar-refractivity contribution in [2.24, 2.45) is 23.2 Å². The van der Waals surface area contributed by atoms with E-state index >= 15 is 0 Å². The Bertz CT molecular complexity index is 556. The Morgan fingerprint density at radius 3 is 2.17 bits per heavy atom. The first-order valence-corrected chi connectivity index (χ1v) is 11.2. The summed E-state index contributed by atoms with van der Waals surface area (Å²) in [5, 5.41) is 0. The van der Waals surface area contributed by atoms with E-state index in [0.717, 1.165) is 12.8 Å². The molecule has 1 aliphatic carbocycles. The first kappa shape index (κ1) is 26.4. The largest absolute Gasteiger partial charge is 0.462 e. The molecule has 0 aromatic carbocycles. The zero-order chi connectivity index (χ0) is 22.7. The second-order valence-corrected chi connectivity index (χ2v) is 9.26. The van der Waals surface area contributed by atoms with Gasteiger partial charge < -0.3 is 18.9 Å². The smallest absolute Gasteiger partial charge is 0.311 e. The van der Waals surface area contributed by atoms with E-state index in [4.69, 9.17) is 18.9 Å². The van der Waals surface area contributed by atoms with Crippen molar-refractivity contribution in [3.8, 4) is 0 Å². The maximum Gasteiger partial charge on any atom is 0.311 e. The fourth-order valence-corrected chi connectivity index (χ4v) is 3.47.